The fraction of sp³-hybridized carbons (Fsp3) is 0.0833. The van der Waals surface area contributed by atoms with Gasteiger partial charge in [0.05, 0.1) is 17.8 Å². The monoisotopic (exact) mass is 414 g/mol. The Morgan fingerprint density at radius 1 is 0.867 bits per heavy atom. The predicted molar refractivity (Wildman–Crippen MR) is 120 cm³/mol. The topological polar surface area (TPSA) is 33.1 Å². The molecule has 0 amide bonds. The van der Waals surface area contributed by atoms with Crippen molar-refractivity contribution in [1.29, 1.82) is 0 Å². The van der Waals surface area contributed by atoms with Crippen LogP contribution in [0.5, 0.6) is 0 Å². The molecule has 0 unspecified atom stereocenters. The molecular weight excluding hydrogens is 395 g/mol. The molecule has 1 saturated heterocycles. The van der Waals surface area contributed by atoms with Gasteiger partial charge in [-0.05, 0) is 72.4 Å². The molecule has 30 heavy (non-hydrogen) atoms. The van der Waals surface area contributed by atoms with Gasteiger partial charge < -0.3 is 14.8 Å². The van der Waals surface area contributed by atoms with E-state index >= 15 is 0 Å². The second kappa shape index (κ2) is 7.72. The molecule has 3 heterocycles. The molecule has 1 aliphatic rings. The Morgan fingerprint density at radius 3 is 2.37 bits per heavy atom. The largest absolute Gasteiger partial charge is 0.351 e. The van der Waals surface area contributed by atoms with Crippen LogP contribution in [-0.2, 0) is 0 Å². The first-order valence-corrected chi connectivity index (χ1v) is 10.1. The molecule has 1 fully saturated rings. The number of benzene rings is 2. The molecule has 0 radical (unpaired) electrons. The van der Waals surface area contributed by atoms with Gasteiger partial charge >= 0.3 is 0 Å². The van der Waals surface area contributed by atoms with Crippen LogP contribution in [0, 0.1) is 5.82 Å². The molecule has 2 aromatic heterocycles. The van der Waals surface area contributed by atoms with Crippen molar-refractivity contribution in [3.8, 4) is 5.69 Å². The molecule has 5 rings (SSSR count). The van der Waals surface area contributed by atoms with Crippen molar-refractivity contribution in [3.63, 3.8) is 0 Å². The van der Waals surface area contributed by atoms with Gasteiger partial charge in [-0.2, -0.15) is 0 Å². The van der Waals surface area contributed by atoms with E-state index in [1.807, 2.05) is 47.5 Å². The van der Waals surface area contributed by atoms with Crippen molar-refractivity contribution in [2.75, 3.05) is 4.90 Å². The van der Waals surface area contributed by atoms with Crippen molar-refractivity contribution in [1.82, 2.24) is 14.9 Å². The number of rotatable bonds is 4. The maximum Gasteiger partial charge on any atom is 0.174 e. The highest BCUT2D eigenvalue weighted by molar-refractivity contribution is 7.80. The van der Waals surface area contributed by atoms with Crippen molar-refractivity contribution in [3.05, 3.63) is 115 Å². The van der Waals surface area contributed by atoms with E-state index in [2.05, 4.69) is 39.3 Å². The summed E-state index contributed by atoms with van der Waals surface area (Å²) in [5.41, 5.74) is 3.91. The Kier molecular flexibility index (Phi) is 4.77. The zero-order chi connectivity index (χ0) is 20.5. The third-order valence-corrected chi connectivity index (χ3v) is 5.63. The van der Waals surface area contributed by atoms with Crippen LogP contribution in [0.1, 0.15) is 23.3 Å². The van der Waals surface area contributed by atoms with Crippen molar-refractivity contribution < 1.29 is 4.39 Å². The number of thiocarbonyl (C=S) groups is 1. The Balaban J connectivity index is 1.60. The van der Waals surface area contributed by atoms with Gasteiger partial charge in [0.1, 0.15) is 5.82 Å². The minimum Gasteiger partial charge on any atom is -0.351 e. The molecule has 2 aromatic carbocycles. The van der Waals surface area contributed by atoms with Gasteiger partial charge in [-0.1, -0.05) is 24.3 Å². The van der Waals surface area contributed by atoms with E-state index < -0.39 is 0 Å². The number of hydrogen-bond acceptors (Lipinski definition) is 2. The summed E-state index contributed by atoms with van der Waals surface area (Å²) < 4.78 is 15.6. The summed E-state index contributed by atoms with van der Waals surface area (Å²) in [7, 11) is 0. The quantitative estimate of drug-likeness (QED) is 0.466. The van der Waals surface area contributed by atoms with Crippen LogP contribution in [-0.4, -0.2) is 14.7 Å². The van der Waals surface area contributed by atoms with Crippen LogP contribution in [0.4, 0.5) is 10.1 Å². The van der Waals surface area contributed by atoms with Gasteiger partial charge in [0.15, 0.2) is 5.11 Å². The Bertz CT molecular complexity index is 1160. The number of pyridine rings is 1. The minimum absolute atomic E-state index is 0.122. The summed E-state index contributed by atoms with van der Waals surface area (Å²) in [5, 5.41) is 4.02. The standard InChI is InChI=1S/C24H19FN4S/c25-18-9-11-20(12-10-18)29-23(22(27-24(29)30)21-8-4-5-14-26-21)17-13-15-28(16-17)19-6-2-1-3-7-19/h1-16,22-23H,(H,27,30)/t22-,23+/m1/s1. The number of hydrogen-bond donors (Lipinski definition) is 1. The summed E-state index contributed by atoms with van der Waals surface area (Å²) >= 11 is 5.70. The molecule has 0 saturated carbocycles. The Labute approximate surface area is 179 Å². The maximum atomic E-state index is 13.5. The molecule has 2 atom stereocenters. The van der Waals surface area contributed by atoms with E-state index in [4.69, 9.17) is 12.2 Å². The highest BCUT2D eigenvalue weighted by Gasteiger charge is 2.41. The molecule has 0 spiro atoms. The molecule has 0 bridgehead atoms. The summed E-state index contributed by atoms with van der Waals surface area (Å²) in [5.74, 6) is -0.273. The predicted octanol–water partition coefficient (Wildman–Crippen LogP) is 5.19. The van der Waals surface area contributed by atoms with Crippen molar-refractivity contribution in [2.45, 2.75) is 12.1 Å². The Morgan fingerprint density at radius 2 is 1.63 bits per heavy atom. The van der Waals surface area contributed by atoms with E-state index in [9.17, 15) is 4.39 Å². The average molecular weight is 415 g/mol. The molecule has 148 valence electrons. The molecule has 1 aliphatic heterocycles. The number of aromatic nitrogens is 2. The first-order valence-electron chi connectivity index (χ1n) is 9.70. The first kappa shape index (κ1) is 18.5. The van der Waals surface area contributed by atoms with Crippen LogP contribution in [0.25, 0.3) is 5.69 Å². The normalized spacial score (nSPS) is 18.4. The van der Waals surface area contributed by atoms with Crippen molar-refractivity contribution in [2.24, 2.45) is 0 Å². The number of para-hydroxylation sites is 1. The molecule has 4 aromatic rings. The summed E-state index contributed by atoms with van der Waals surface area (Å²) in [6, 6.07) is 24.3. The smallest absolute Gasteiger partial charge is 0.174 e. The van der Waals surface area contributed by atoms with Gasteiger partial charge in [-0.25, -0.2) is 4.39 Å². The highest BCUT2D eigenvalue weighted by atomic mass is 32.1. The Hall–Kier alpha value is -3.51. The third kappa shape index (κ3) is 3.35. The molecule has 4 nitrogen and oxygen atoms in total. The van der Waals surface area contributed by atoms with Crippen LogP contribution >= 0.6 is 12.2 Å². The summed E-state index contributed by atoms with van der Waals surface area (Å²) in [6.07, 6.45) is 5.94. The fourth-order valence-electron chi connectivity index (χ4n) is 3.92. The zero-order valence-electron chi connectivity index (χ0n) is 16.0. The summed E-state index contributed by atoms with van der Waals surface area (Å²) in [4.78, 5) is 6.60. The van der Waals surface area contributed by atoms with Gasteiger partial charge in [0.2, 0.25) is 0 Å². The number of halogens is 1. The van der Waals surface area contributed by atoms with Crippen LogP contribution in [0.3, 0.4) is 0 Å². The second-order valence-corrected chi connectivity index (χ2v) is 7.55. The van der Waals surface area contributed by atoms with Gasteiger partial charge in [-0.3, -0.25) is 4.98 Å². The van der Waals surface area contributed by atoms with Crippen molar-refractivity contribution >= 4 is 23.0 Å². The van der Waals surface area contributed by atoms with Crippen LogP contribution in [0.15, 0.2) is 97.5 Å². The number of anilines is 1. The minimum atomic E-state index is -0.273. The maximum absolute atomic E-state index is 13.5. The van der Waals surface area contributed by atoms with Gasteiger partial charge in [-0.15, -0.1) is 0 Å². The van der Waals surface area contributed by atoms with E-state index in [-0.39, 0.29) is 17.9 Å². The lowest BCUT2D eigenvalue weighted by atomic mass is 9.98. The second-order valence-electron chi connectivity index (χ2n) is 7.16. The van der Waals surface area contributed by atoms with E-state index in [0.29, 0.717) is 5.11 Å². The lowest BCUT2D eigenvalue weighted by Crippen LogP contribution is -2.29. The SMILES string of the molecule is Fc1ccc(N2C(=S)N[C@H](c3ccccn3)[C@@H]2c2ccn(-c3ccccc3)c2)cc1. The molecular formula is C24H19FN4S. The lowest BCUT2D eigenvalue weighted by Gasteiger charge is -2.27. The zero-order valence-corrected chi connectivity index (χ0v) is 16.8. The fourth-order valence-corrected chi connectivity index (χ4v) is 4.27. The summed E-state index contributed by atoms with van der Waals surface area (Å²) in [6.45, 7) is 0. The van der Waals surface area contributed by atoms with E-state index in [0.717, 1.165) is 22.6 Å². The first-order chi connectivity index (χ1) is 14.7. The number of nitrogens with zero attached hydrogens (tertiary/aromatic N) is 3. The van der Waals surface area contributed by atoms with Crippen LogP contribution in [0.2, 0.25) is 0 Å². The molecule has 1 N–H and O–H groups in total. The lowest BCUT2D eigenvalue weighted by molar-refractivity contribution is 0.567. The highest BCUT2D eigenvalue weighted by Crippen LogP contribution is 2.41. The van der Waals surface area contributed by atoms with Crippen LogP contribution < -0.4 is 10.2 Å². The molecule has 6 heteroatoms. The van der Waals surface area contributed by atoms with Gasteiger partial charge in [0, 0.05) is 30.0 Å². The van der Waals surface area contributed by atoms with Gasteiger partial charge in [0.25, 0.3) is 0 Å². The molecule has 0 aliphatic carbocycles. The van der Waals surface area contributed by atoms with E-state index in [1.165, 1.54) is 12.1 Å². The third-order valence-electron chi connectivity index (χ3n) is 5.31. The number of nitrogens with one attached hydrogen (secondary N) is 1. The average Bonchev–Trinajstić information content (AvgIpc) is 3.40. The van der Waals surface area contributed by atoms with E-state index in [1.54, 1.807) is 18.3 Å².